The lowest BCUT2D eigenvalue weighted by atomic mass is 9.96. The number of carbonyl (C=O) groups is 1. The van der Waals surface area contributed by atoms with Crippen molar-refractivity contribution in [3.05, 3.63) is 57.1 Å². The predicted octanol–water partition coefficient (Wildman–Crippen LogP) is 4.58. The molecule has 0 aliphatic heterocycles. The molecule has 0 aliphatic carbocycles. The summed E-state index contributed by atoms with van der Waals surface area (Å²) in [6, 6.07) is 8.80. The van der Waals surface area contributed by atoms with Gasteiger partial charge in [-0.05, 0) is 54.8 Å². The second kappa shape index (κ2) is 12.7. The van der Waals surface area contributed by atoms with E-state index in [0.29, 0.717) is 40.8 Å². The molecular formula is C22H29Cl2NO4. The van der Waals surface area contributed by atoms with Crippen LogP contribution in [0.4, 0.5) is 0 Å². The molecular weight excluding hydrogens is 413 g/mol. The Hall–Kier alpha value is -1.79. The standard InChI is InChI=1S/C18H18Cl2O3.C4H11NO/c1-11(2)14-7-12(3-4-18(14)22)8-15-16(19)9-13(10-17(15)20)23-6-5-21;1-4(6)3-5-2/h3-5,7,9-11,22H,6,8H2,1-2H3;4-6H,3H2,1-2H3. The van der Waals surface area contributed by atoms with Crippen LogP contribution in [-0.4, -0.2) is 42.8 Å². The first-order chi connectivity index (χ1) is 13.7. The van der Waals surface area contributed by atoms with E-state index >= 15 is 0 Å². The minimum absolute atomic E-state index is 0.0400. The highest BCUT2D eigenvalue weighted by Gasteiger charge is 2.12. The molecule has 2 aromatic carbocycles. The van der Waals surface area contributed by atoms with Crippen LogP contribution in [0.2, 0.25) is 10.0 Å². The van der Waals surface area contributed by atoms with Crippen molar-refractivity contribution in [2.24, 2.45) is 0 Å². The van der Waals surface area contributed by atoms with Crippen LogP contribution in [0.5, 0.6) is 11.5 Å². The largest absolute Gasteiger partial charge is 0.508 e. The number of aliphatic hydroxyl groups excluding tert-OH is 1. The highest BCUT2D eigenvalue weighted by Crippen LogP contribution is 2.33. The van der Waals surface area contributed by atoms with E-state index in [1.54, 1.807) is 25.1 Å². The Kier molecular flexibility index (Phi) is 11.1. The third-order valence-corrected chi connectivity index (χ3v) is 4.70. The van der Waals surface area contributed by atoms with Gasteiger partial charge in [-0.3, -0.25) is 4.79 Å². The van der Waals surface area contributed by atoms with E-state index in [0.717, 1.165) is 16.7 Å². The summed E-state index contributed by atoms with van der Waals surface area (Å²) >= 11 is 12.6. The van der Waals surface area contributed by atoms with Gasteiger partial charge in [0, 0.05) is 23.0 Å². The van der Waals surface area contributed by atoms with Gasteiger partial charge < -0.3 is 20.3 Å². The number of aromatic hydroxyl groups is 1. The normalized spacial score (nSPS) is 11.6. The third-order valence-electron chi connectivity index (χ3n) is 4.03. The summed E-state index contributed by atoms with van der Waals surface area (Å²) in [5, 5.41) is 22.2. The minimum atomic E-state index is -0.213. The molecule has 2 rings (SSSR count). The summed E-state index contributed by atoms with van der Waals surface area (Å²) in [5.41, 5.74) is 2.68. The van der Waals surface area contributed by atoms with Crippen molar-refractivity contribution in [1.82, 2.24) is 5.32 Å². The highest BCUT2D eigenvalue weighted by molar-refractivity contribution is 6.36. The molecule has 3 N–H and O–H groups in total. The summed E-state index contributed by atoms with van der Waals surface area (Å²) < 4.78 is 5.22. The van der Waals surface area contributed by atoms with Gasteiger partial charge in [0.05, 0.1) is 6.10 Å². The zero-order chi connectivity index (χ0) is 22.0. The summed E-state index contributed by atoms with van der Waals surface area (Å²) in [6.45, 7) is 6.44. The summed E-state index contributed by atoms with van der Waals surface area (Å²) in [7, 11) is 1.81. The van der Waals surface area contributed by atoms with E-state index in [1.807, 2.05) is 33.0 Å². The van der Waals surface area contributed by atoms with Crippen LogP contribution < -0.4 is 10.1 Å². The van der Waals surface area contributed by atoms with Crippen LogP contribution in [0.3, 0.4) is 0 Å². The van der Waals surface area contributed by atoms with Crippen LogP contribution in [-0.2, 0) is 11.2 Å². The molecule has 0 radical (unpaired) electrons. The molecule has 0 spiro atoms. The Balaban J connectivity index is 0.000000612. The molecule has 2 aromatic rings. The van der Waals surface area contributed by atoms with Gasteiger partial charge in [-0.25, -0.2) is 0 Å². The molecule has 0 heterocycles. The number of rotatable bonds is 8. The average molecular weight is 442 g/mol. The van der Waals surface area contributed by atoms with Crippen molar-refractivity contribution in [1.29, 1.82) is 0 Å². The number of likely N-dealkylation sites (N-methyl/N-ethyl adjacent to an activating group) is 1. The molecule has 0 bridgehead atoms. The monoisotopic (exact) mass is 441 g/mol. The Morgan fingerprint density at radius 2 is 1.76 bits per heavy atom. The topological polar surface area (TPSA) is 78.8 Å². The van der Waals surface area contributed by atoms with Crippen LogP contribution in [0.1, 0.15) is 43.4 Å². The number of nitrogens with one attached hydrogen (secondary N) is 1. The molecule has 5 nitrogen and oxygen atoms in total. The lowest BCUT2D eigenvalue weighted by Gasteiger charge is -2.13. The number of ether oxygens (including phenoxy) is 1. The summed E-state index contributed by atoms with van der Waals surface area (Å²) in [5.74, 6) is 0.975. The number of phenols is 1. The number of benzene rings is 2. The van der Waals surface area contributed by atoms with Gasteiger partial charge in [0.1, 0.15) is 18.1 Å². The second-order valence-corrected chi connectivity index (χ2v) is 7.79. The van der Waals surface area contributed by atoms with Crippen molar-refractivity contribution >= 4 is 29.5 Å². The van der Waals surface area contributed by atoms with Gasteiger partial charge in [0.25, 0.3) is 0 Å². The minimum Gasteiger partial charge on any atom is -0.508 e. The number of phenolic OH excluding ortho intramolecular Hbond substituents is 1. The van der Waals surface area contributed by atoms with E-state index in [1.165, 1.54) is 0 Å². The predicted molar refractivity (Wildman–Crippen MR) is 119 cm³/mol. The van der Waals surface area contributed by atoms with Crippen molar-refractivity contribution < 1.29 is 19.7 Å². The highest BCUT2D eigenvalue weighted by atomic mass is 35.5. The van der Waals surface area contributed by atoms with E-state index < -0.39 is 0 Å². The van der Waals surface area contributed by atoms with Crippen molar-refractivity contribution in [3.8, 4) is 11.5 Å². The maximum absolute atomic E-state index is 10.4. The van der Waals surface area contributed by atoms with Gasteiger partial charge in [0.2, 0.25) is 0 Å². The fraction of sp³-hybridized carbons (Fsp3) is 0.409. The van der Waals surface area contributed by atoms with Crippen LogP contribution in [0, 0.1) is 0 Å². The zero-order valence-electron chi connectivity index (χ0n) is 17.2. The number of aldehydes is 1. The molecule has 7 heteroatoms. The molecule has 160 valence electrons. The smallest absolute Gasteiger partial charge is 0.157 e. The van der Waals surface area contributed by atoms with E-state index in [4.69, 9.17) is 33.0 Å². The summed E-state index contributed by atoms with van der Waals surface area (Å²) in [6.07, 6.45) is 1.00. The Morgan fingerprint density at radius 1 is 1.14 bits per heavy atom. The first kappa shape index (κ1) is 25.2. The van der Waals surface area contributed by atoms with Gasteiger partial charge in [0.15, 0.2) is 6.29 Å². The molecule has 0 saturated heterocycles. The average Bonchev–Trinajstić information content (AvgIpc) is 2.64. The van der Waals surface area contributed by atoms with Gasteiger partial charge in [-0.1, -0.05) is 49.2 Å². The van der Waals surface area contributed by atoms with Crippen molar-refractivity contribution in [3.63, 3.8) is 0 Å². The number of aliphatic hydroxyl groups is 1. The first-order valence-electron chi connectivity index (χ1n) is 9.38. The molecule has 0 amide bonds. The molecule has 1 atom stereocenters. The number of halogens is 2. The Labute approximate surface area is 182 Å². The van der Waals surface area contributed by atoms with E-state index in [2.05, 4.69) is 5.32 Å². The summed E-state index contributed by atoms with van der Waals surface area (Å²) in [4.78, 5) is 10.4. The molecule has 29 heavy (non-hydrogen) atoms. The number of carbonyl (C=O) groups excluding carboxylic acids is 1. The third kappa shape index (κ3) is 8.62. The molecule has 0 fully saturated rings. The van der Waals surface area contributed by atoms with Crippen molar-refractivity contribution in [2.75, 3.05) is 20.2 Å². The van der Waals surface area contributed by atoms with Gasteiger partial charge >= 0.3 is 0 Å². The second-order valence-electron chi connectivity index (χ2n) is 6.97. The fourth-order valence-electron chi connectivity index (χ4n) is 2.64. The van der Waals surface area contributed by atoms with Gasteiger partial charge in [-0.2, -0.15) is 0 Å². The lowest BCUT2D eigenvalue weighted by molar-refractivity contribution is -0.109. The fourth-order valence-corrected chi connectivity index (χ4v) is 3.24. The lowest BCUT2D eigenvalue weighted by Crippen LogP contribution is -2.19. The van der Waals surface area contributed by atoms with Crippen LogP contribution in [0.25, 0.3) is 0 Å². The van der Waals surface area contributed by atoms with E-state index in [9.17, 15) is 9.90 Å². The number of hydrogen-bond acceptors (Lipinski definition) is 5. The SMILES string of the molecule is CC(C)c1cc(Cc2c(Cl)cc(OCC=O)cc2Cl)ccc1O.CNCC(C)O. The molecule has 0 aliphatic rings. The van der Waals surface area contributed by atoms with Crippen LogP contribution >= 0.6 is 23.2 Å². The Morgan fingerprint density at radius 3 is 2.21 bits per heavy atom. The van der Waals surface area contributed by atoms with Crippen LogP contribution in [0.15, 0.2) is 30.3 Å². The molecule has 1 unspecified atom stereocenters. The number of hydrogen-bond donors (Lipinski definition) is 3. The first-order valence-corrected chi connectivity index (χ1v) is 10.1. The quantitative estimate of drug-likeness (QED) is 0.522. The molecule has 0 aromatic heterocycles. The zero-order valence-corrected chi connectivity index (χ0v) is 18.7. The maximum Gasteiger partial charge on any atom is 0.157 e. The maximum atomic E-state index is 10.4. The van der Waals surface area contributed by atoms with E-state index in [-0.39, 0.29) is 18.6 Å². The van der Waals surface area contributed by atoms with Crippen molar-refractivity contribution in [2.45, 2.75) is 39.2 Å². The molecule has 0 saturated carbocycles. The van der Waals surface area contributed by atoms with Gasteiger partial charge in [-0.15, -0.1) is 0 Å². The Bertz CT molecular complexity index is 771.